The number of nitrogens with zero attached hydrogens (tertiary/aromatic N) is 2. The highest BCUT2D eigenvalue weighted by molar-refractivity contribution is 8.18. The molecule has 0 unspecified atom stereocenters. The topological polar surface area (TPSA) is 60.4 Å². The molecule has 6 nitrogen and oxygen atoms in total. The minimum atomic E-state index is -0.115. The van der Waals surface area contributed by atoms with Gasteiger partial charge in [0.15, 0.2) is 5.17 Å². The highest BCUT2D eigenvalue weighted by Gasteiger charge is 2.33. The number of carbonyl (C=O) groups excluding carboxylic acids is 1. The van der Waals surface area contributed by atoms with Crippen LogP contribution in [0.25, 0.3) is 6.08 Å². The molecule has 1 fully saturated rings. The van der Waals surface area contributed by atoms with E-state index in [1.54, 1.807) is 25.2 Å². The second-order valence-electron chi connectivity index (χ2n) is 7.18. The number of benzene rings is 2. The number of amidine groups is 1. The fraction of sp³-hybridized carbons (Fsp3) is 0.333. The van der Waals surface area contributed by atoms with Crippen LogP contribution in [0.5, 0.6) is 11.5 Å². The van der Waals surface area contributed by atoms with Gasteiger partial charge in [-0.25, -0.2) is 4.99 Å². The van der Waals surface area contributed by atoms with Crippen molar-refractivity contribution in [3.05, 3.63) is 58.0 Å². The summed E-state index contributed by atoms with van der Waals surface area (Å²) in [6.45, 7) is 4.88. The summed E-state index contributed by atoms with van der Waals surface area (Å²) in [7, 11) is 3.22. The maximum atomic E-state index is 13.1. The quantitative estimate of drug-likeness (QED) is 0.431. The fourth-order valence-corrected chi connectivity index (χ4v) is 4.15. The predicted octanol–water partition coefficient (Wildman–Crippen LogP) is 5.78. The van der Waals surface area contributed by atoms with Crippen molar-refractivity contribution in [2.75, 3.05) is 27.4 Å². The number of amides is 1. The Hall–Kier alpha value is -2.48. The lowest BCUT2D eigenvalue weighted by Gasteiger charge is -2.15. The number of ether oxygens (including phenoxy) is 3. The Kier molecular flexibility index (Phi) is 8.61. The van der Waals surface area contributed by atoms with Crippen molar-refractivity contribution >= 4 is 46.2 Å². The SMILES string of the molecule is CC[C@H](C)Oc1ccc(/C=C2\SC(=Nc3ccc(OC)cc3)N(CCOC)C2=O)cc1Cl. The van der Waals surface area contributed by atoms with Crippen molar-refractivity contribution in [2.45, 2.75) is 26.4 Å². The van der Waals surface area contributed by atoms with E-state index in [-0.39, 0.29) is 12.0 Å². The zero-order valence-electron chi connectivity index (χ0n) is 18.6. The molecule has 3 rings (SSSR count). The molecule has 1 atom stereocenters. The zero-order valence-corrected chi connectivity index (χ0v) is 20.2. The molecular weight excluding hydrogens is 448 g/mol. The number of carbonyl (C=O) groups is 1. The van der Waals surface area contributed by atoms with E-state index >= 15 is 0 Å². The van der Waals surface area contributed by atoms with Gasteiger partial charge in [-0.05, 0) is 73.1 Å². The Morgan fingerprint density at radius 1 is 1.19 bits per heavy atom. The summed E-state index contributed by atoms with van der Waals surface area (Å²) in [5.74, 6) is 1.27. The third-order valence-corrected chi connectivity index (χ3v) is 6.16. The highest BCUT2D eigenvalue weighted by Crippen LogP contribution is 2.35. The number of methoxy groups -OCH3 is 2. The molecule has 8 heteroatoms. The Balaban J connectivity index is 1.86. The summed E-state index contributed by atoms with van der Waals surface area (Å²) in [5, 5.41) is 1.12. The molecule has 2 aromatic carbocycles. The number of hydrogen-bond donors (Lipinski definition) is 0. The smallest absolute Gasteiger partial charge is 0.266 e. The van der Waals surface area contributed by atoms with Crippen molar-refractivity contribution < 1.29 is 19.0 Å². The number of rotatable bonds is 9. The van der Waals surface area contributed by atoms with Crippen molar-refractivity contribution in [3.8, 4) is 11.5 Å². The molecule has 0 saturated carbocycles. The molecular formula is C24H27ClN2O4S. The summed E-state index contributed by atoms with van der Waals surface area (Å²) in [6.07, 6.45) is 2.79. The number of hydrogen-bond acceptors (Lipinski definition) is 6. The van der Waals surface area contributed by atoms with Gasteiger partial charge in [0, 0.05) is 7.11 Å². The van der Waals surface area contributed by atoms with Gasteiger partial charge < -0.3 is 14.2 Å². The molecule has 0 bridgehead atoms. The third kappa shape index (κ3) is 6.06. The monoisotopic (exact) mass is 474 g/mol. The standard InChI is InChI=1S/C24H27ClN2O4S/c1-5-16(2)31-21-11-6-17(14-20(21)25)15-22-23(28)27(12-13-29-3)24(32-22)26-18-7-9-19(30-4)10-8-18/h6-11,14-16H,5,12-13H2,1-4H3/b22-15-,26-24?/t16-/m0/s1. The molecule has 0 N–H and O–H groups in total. The van der Waals surface area contributed by atoms with Crippen LogP contribution in [0.1, 0.15) is 25.8 Å². The molecule has 1 amide bonds. The predicted molar refractivity (Wildman–Crippen MR) is 131 cm³/mol. The van der Waals surface area contributed by atoms with Gasteiger partial charge in [0.05, 0.1) is 42.0 Å². The molecule has 0 radical (unpaired) electrons. The Morgan fingerprint density at radius 2 is 1.94 bits per heavy atom. The summed E-state index contributed by atoms with van der Waals surface area (Å²) >= 11 is 7.73. The van der Waals surface area contributed by atoms with E-state index in [1.165, 1.54) is 11.8 Å². The lowest BCUT2D eigenvalue weighted by molar-refractivity contribution is -0.122. The first kappa shape index (κ1) is 24.2. The lowest BCUT2D eigenvalue weighted by Crippen LogP contribution is -2.32. The van der Waals surface area contributed by atoms with E-state index in [1.807, 2.05) is 49.4 Å². The maximum Gasteiger partial charge on any atom is 0.266 e. The molecule has 1 heterocycles. The average molecular weight is 475 g/mol. The largest absolute Gasteiger partial charge is 0.497 e. The van der Waals surface area contributed by atoms with Gasteiger partial charge >= 0.3 is 0 Å². The summed E-state index contributed by atoms with van der Waals surface area (Å²) < 4.78 is 16.2. The highest BCUT2D eigenvalue weighted by atomic mass is 35.5. The van der Waals surface area contributed by atoms with Gasteiger partial charge in [-0.15, -0.1) is 0 Å². The van der Waals surface area contributed by atoms with E-state index in [2.05, 4.69) is 11.9 Å². The minimum Gasteiger partial charge on any atom is -0.497 e. The van der Waals surface area contributed by atoms with Crippen LogP contribution in [-0.4, -0.2) is 49.4 Å². The van der Waals surface area contributed by atoms with E-state index < -0.39 is 0 Å². The maximum absolute atomic E-state index is 13.1. The van der Waals surface area contributed by atoms with E-state index in [0.29, 0.717) is 34.0 Å². The molecule has 2 aromatic rings. The van der Waals surface area contributed by atoms with Crippen molar-refractivity contribution in [1.82, 2.24) is 4.90 Å². The molecule has 0 aliphatic carbocycles. The first-order valence-corrected chi connectivity index (χ1v) is 11.5. The Morgan fingerprint density at radius 3 is 2.56 bits per heavy atom. The Labute approximate surface area is 198 Å². The van der Waals surface area contributed by atoms with Crippen LogP contribution >= 0.6 is 23.4 Å². The van der Waals surface area contributed by atoms with Crippen molar-refractivity contribution in [2.24, 2.45) is 4.99 Å². The number of halogens is 1. The molecule has 1 aliphatic heterocycles. The van der Waals surface area contributed by atoms with Crippen LogP contribution in [0.4, 0.5) is 5.69 Å². The van der Waals surface area contributed by atoms with Gasteiger partial charge in [-0.3, -0.25) is 9.69 Å². The van der Waals surface area contributed by atoms with E-state index in [4.69, 9.17) is 25.8 Å². The van der Waals surface area contributed by atoms with Gasteiger partial charge in [0.2, 0.25) is 0 Å². The molecule has 32 heavy (non-hydrogen) atoms. The second-order valence-corrected chi connectivity index (χ2v) is 8.60. The van der Waals surface area contributed by atoms with Crippen LogP contribution in [-0.2, 0) is 9.53 Å². The van der Waals surface area contributed by atoms with Crippen LogP contribution < -0.4 is 9.47 Å². The summed E-state index contributed by atoms with van der Waals surface area (Å²) in [4.78, 5) is 19.9. The molecule has 1 aliphatic rings. The number of aliphatic imine (C=N–C) groups is 1. The normalized spacial score (nSPS) is 17.3. The second kappa shape index (κ2) is 11.4. The molecule has 0 spiro atoms. The molecule has 0 aromatic heterocycles. The molecule has 170 valence electrons. The van der Waals surface area contributed by atoms with Crippen molar-refractivity contribution in [1.29, 1.82) is 0 Å². The summed E-state index contributed by atoms with van der Waals surface area (Å²) in [6, 6.07) is 12.9. The van der Waals surface area contributed by atoms with Gasteiger partial charge in [0.25, 0.3) is 5.91 Å². The molecule has 1 saturated heterocycles. The summed E-state index contributed by atoms with van der Waals surface area (Å²) in [5.41, 5.74) is 1.55. The first-order valence-electron chi connectivity index (χ1n) is 10.3. The van der Waals surface area contributed by atoms with E-state index in [0.717, 1.165) is 23.4 Å². The van der Waals surface area contributed by atoms with Crippen LogP contribution in [0.3, 0.4) is 0 Å². The minimum absolute atomic E-state index is 0.0785. The lowest BCUT2D eigenvalue weighted by atomic mass is 10.2. The van der Waals surface area contributed by atoms with Crippen LogP contribution in [0.15, 0.2) is 52.4 Å². The average Bonchev–Trinajstić information content (AvgIpc) is 3.08. The van der Waals surface area contributed by atoms with Gasteiger partial charge in [-0.2, -0.15) is 0 Å². The Bertz CT molecular complexity index is 1010. The third-order valence-electron chi connectivity index (χ3n) is 4.86. The number of thioether (sulfide) groups is 1. The van der Waals surface area contributed by atoms with Gasteiger partial charge in [-0.1, -0.05) is 24.6 Å². The van der Waals surface area contributed by atoms with E-state index in [9.17, 15) is 4.79 Å². The fourth-order valence-electron chi connectivity index (χ4n) is 2.89. The first-order chi connectivity index (χ1) is 15.4. The van der Waals surface area contributed by atoms with Crippen LogP contribution in [0.2, 0.25) is 5.02 Å². The van der Waals surface area contributed by atoms with Gasteiger partial charge in [0.1, 0.15) is 11.5 Å². The van der Waals surface area contributed by atoms with Crippen molar-refractivity contribution in [3.63, 3.8) is 0 Å². The van der Waals surface area contributed by atoms with Crippen LogP contribution in [0, 0.1) is 0 Å². The zero-order chi connectivity index (χ0) is 23.1.